The third-order valence-electron chi connectivity index (χ3n) is 6.61. The fraction of sp³-hybridized carbons (Fsp3) is 0.100. The van der Waals surface area contributed by atoms with Crippen molar-refractivity contribution in [1.29, 1.82) is 0 Å². The summed E-state index contributed by atoms with van der Waals surface area (Å²) in [4.78, 5) is 26.8. The van der Waals surface area contributed by atoms with Gasteiger partial charge < -0.3 is 14.6 Å². The van der Waals surface area contributed by atoms with Crippen molar-refractivity contribution in [3.05, 3.63) is 101 Å². The third-order valence-corrected chi connectivity index (χ3v) is 6.61. The molecule has 0 amide bonds. The Balaban J connectivity index is 1.60. The molecule has 4 heterocycles. The Labute approximate surface area is 223 Å². The highest BCUT2D eigenvalue weighted by molar-refractivity contribution is 5.99. The fourth-order valence-electron chi connectivity index (χ4n) is 4.78. The third kappa shape index (κ3) is 4.14. The summed E-state index contributed by atoms with van der Waals surface area (Å²) < 4.78 is 12.3. The van der Waals surface area contributed by atoms with Crippen LogP contribution >= 0.6 is 0 Å². The standard InChI is InChI=1S/C30H23N5O4/c1-38-25-12-20-16-33-24(17-36)28(23(20)14-26(25)39-2)18-9-11-32-27(13-18)35-30(37)22-8-4-3-7-21(22)29(34-35)19-6-5-10-31-15-19/h3-16,36H,17H2,1-2H3. The lowest BCUT2D eigenvalue weighted by atomic mass is 9.97. The summed E-state index contributed by atoms with van der Waals surface area (Å²) in [5.74, 6) is 1.44. The Hall–Kier alpha value is -5.15. The average molecular weight is 518 g/mol. The van der Waals surface area contributed by atoms with Gasteiger partial charge in [0.2, 0.25) is 0 Å². The molecule has 0 radical (unpaired) electrons. The van der Waals surface area contributed by atoms with Gasteiger partial charge in [-0.2, -0.15) is 9.78 Å². The minimum atomic E-state index is -0.298. The minimum absolute atomic E-state index is 0.281. The van der Waals surface area contributed by atoms with Crippen LogP contribution in [0, 0.1) is 0 Å². The predicted molar refractivity (Wildman–Crippen MR) is 148 cm³/mol. The molecule has 6 aromatic rings. The van der Waals surface area contributed by atoms with E-state index in [1.54, 1.807) is 51.1 Å². The number of fused-ring (bicyclic) bond motifs is 2. The zero-order valence-electron chi connectivity index (χ0n) is 21.2. The number of rotatable bonds is 6. The highest BCUT2D eigenvalue weighted by Crippen LogP contribution is 2.38. The number of hydrogen-bond donors (Lipinski definition) is 1. The van der Waals surface area contributed by atoms with E-state index in [4.69, 9.17) is 14.6 Å². The summed E-state index contributed by atoms with van der Waals surface area (Å²) in [6, 6.07) is 18.3. The first kappa shape index (κ1) is 24.2. The van der Waals surface area contributed by atoms with Crippen molar-refractivity contribution in [1.82, 2.24) is 24.7 Å². The van der Waals surface area contributed by atoms with Gasteiger partial charge in [-0.25, -0.2) is 4.98 Å². The largest absolute Gasteiger partial charge is 0.493 e. The van der Waals surface area contributed by atoms with Crippen molar-refractivity contribution in [3.8, 4) is 39.7 Å². The van der Waals surface area contributed by atoms with Crippen LogP contribution in [-0.4, -0.2) is 44.1 Å². The molecule has 0 spiro atoms. The van der Waals surface area contributed by atoms with E-state index in [1.165, 1.54) is 4.68 Å². The van der Waals surface area contributed by atoms with Crippen molar-refractivity contribution in [2.24, 2.45) is 0 Å². The molecule has 0 atom stereocenters. The summed E-state index contributed by atoms with van der Waals surface area (Å²) in [6.07, 6.45) is 6.70. The first-order chi connectivity index (χ1) is 19.1. The lowest BCUT2D eigenvalue weighted by Gasteiger charge is -2.15. The molecule has 0 aliphatic rings. The van der Waals surface area contributed by atoms with Crippen LogP contribution in [0.1, 0.15) is 5.69 Å². The van der Waals surface area contributed by atoms with Crippen molar-refractivity contribution < 1.29 is 14.6 Å². The van der Waals surface area contributed by atoms with E-state index in [0.717, 1.165) is 21.7 Å². The fourth-order valence-corrected chi connectivity index (χ4v) is 4.78. The molecule has 2 aromatic carbocycles. The van der Waals surface area contributed by atoms with Crippen LogP contribution in [0.4, 0.5) is 0 Å². The van der Waals surface area contributed by atoms with Crippen LogP contribution in [0.2, 0.25) is 0 Å². The molecule has 0 saturated heterocycles. The number of benzene rings is 2. The van der Waals surface area contributed by atoms with E-state index in [9.17, 15) is 9.90 Å². The second-order valence-electron chi connectivity index (χ2n) is 8.79. The predicted octanol–water partition coefficient (Wildman–Crippen LogP) is 4.57. The summed E-state index contributed by atoms with van der Waals surface area (Å²) in [6.45, 7) is -0.281. The van der Waals surface area contributed by atoms with Crippen LogP contribution < -0.4 is 15.0 Å². The average Bonchev–Trinajstić information content (AvgIpc) is 3.00. The van der Waals surface area contributed by atoms with Gasteiger partial charge in [0.25, 0.3) is 5.56 Å². The van der Waals surface area contributed by atoms with Crippen LogP contribution in [0.15, 0.2) is 90.2 Å². The van der Waals surface area contributed by atoms with E-state index in [1.807, 2.05) is 48.5 Å². The van der Waals surface area contributed by atoms with Gasteiger partial charge in [0.05, 0.1) is 31.9 Å². The van der Waals surface area contributed by atoms with Crippen molar-refractivity contribution >= 4 is 21.5 Å². The van der Waals surface area contributed by atoms with Crippen LogP contribution in [0.3, 0.4) is 0 Å². The second kappa shape index (κ2) is 9.96. The molecular formula is C30H23N5O4. The molecule has 1 N–H and O–H groups in total. The maximum Gasteiger partial charge on any atom is 0.280 e. The molecule has 192 valence electrons. The molecule has 0 fully saturated rings. The Morgan fingerprint density at radius 2 is 1.62 bits per heavy atom. The van der Waals surface area contributed by atoms with Gasteiger partial charge >= 0.3 is 0 Å². The van der Waals surface area contributed by atoms with E-state index >= 15 is 0 Å². The van der Waals surface area contributed by atoms with Gasteiger partial charge in [-0.15, -0.1) is 0 Å². The molecular weight excluding hydrogens is 494 g/mol. The number of aliphatic hydroxyl groups excluding tert-OH is 1. The van der Waals surface area contributed by atoms with Gasteiger partial charge in [-0.1, -0.05) is 18.2 Å². The summed E-state index contributed by atoms with van der Waals surface area (Å²) in [7, 11) is 3.14. The lowest BCUT2D eigenvalue weighted by molar-refractivity contribution is 0.277. The van der Waals surface area contributed by atoms with Crippen molar-refractivity contribution in [2.45, 2.75) is 6.61 Å². The molecule has 39 heavy (non-hydrogen) atoms. The molecule has 9 nitrogen and oxygen atoms in total. The smallest absolute Gasteiger partial charge is 0.280 e. The molecule has 0 bridgehead atoms. The number of methoxy groups -OCH3 is 2. The quantitative estimate of drug-likeness (QED) is 0.342. The van der Waals surface area contributed by atoms with E-state index < -0.39 is 0 Å². The van der Waals surface area contributed by atoms with Gasteiger partial charge in [-0.05, 0) is 53.4 Å². The van der Waals surface area contributed by atoms with E-state index in [0.29, 0.717) is 45.2 Å². The first-order valence-electron chi connectivity index (χ1n) is 12.2. The molecule has 4 aromatic heterocycles. The van der Waals surface area contributed by atoms with E-state index in [-0.39, 0.29) is 12.2 Å². The normalized spacial score (nSPS) is 11.2. The number of aromatic nitrogens is 5. The Morgan fingerprint density at radius 1 is 0.821 bits per heavy atom. The molecule has 0 saturated carbocycles. The lowest BCUT2D eigenvalue weighted by Crippen LogP contribution is -2.23. The van der Waals surface area contributed by atoms with Gasteiger partial charge in [-0.3, -0.25) is 14.8 Å². The second-order valence-corrected chi connectivity index (χ2v) is 8.79. The Bertz CT molecular complexity index is 1900. The number of ether oxygens (including phenoxy) is 2. The summed E-state index contributed by atoms with van der Waals surface area (Å²) in [5.41, 5.74) is 2.97. The SMILES string of the molecule is COc1cc2cnc(CO)c(-c3ccnc(-n4nc(-c5cccnc5)c5ccccc5c4=O)c3)c2cc1OC. The minimum Gasteiger partial charge on any atom is -0.493 e. The van der Waals surface area contributed by atoms with Crippen LogP contribution in [-0.2, 0) is 6.61 Å². The maximum atomic E-state index is 13.6. The topological polar surface area (TPSA) is 112 Å². The molecule has 0 aliphatic carbocycles. The molecule has 6 rings (SSSR count). The number of aliphatic hydroxyl groups is 1. The van der Waals surface area contributed by atoms with Crippen LogP contribution in [0.25, 0.3) is 49.7 Å². The molecule has 0 aliphatic heterocycles. The first-order valence-corrected chi connectivity index (χ1v) is 12.2. The van der Waals surface area contributed by atoms with Gasteiger partial charge in [0.1, 0.15) is 5.69 Å². The molecule has 0 unspecified atom stereocenters. The number of hydrogen-bond acceptors (Lipinski definition) is 8. The highest BCUT2D eigenvalue weighted by Gasteiger charge is 2.18. The highest BCUT2D eigenvalue weighted by atomic mass is 16.5. The number of nitrogens with zero attached hydrogens (tertiary/aromatic N) is 5. The monoisotopic (exact) mass is 517 g/mol. The Morgan fingerprint density at radius 3 is 2.36 bits per heavy atom. The zero-order chi connectivity index (χ0) is 26.9. The molecule has 9 heteroatoms. The maximum absolute atomic E-state index is 13.6. The van der Waals surface area contributed by atoms with Crippen LogP contribution in [0.5, 0.6) is 11.5 Å². The van der Waals surface area contributed by atoms with Crippen molar-refractivity contribution in [3.63, 3.8) is 0 Å². The Kier molecular flexibility index (Phi) is 6.18. The van der Waals surface area contributed by atoms with Gasteiger partial charge in [0, 0.05) is 46.7 Å². The number of pyridine rings is 3. The van der Waals surface area contributed by atoms with E-state index in [2.05, 4.69) is 15.0 Å². The summed E-state index contributed by atoms with van der Waals surface area (Å²) >= 11 is 0. The zero-order valence-corrected chi connectivity index (χ0v) is 21.2. The van der Waals surface area contributed by atoms with Gasteiger partial charge in [0.15, 0.2) is 17.3 Å². The summed E-state index contributed by atoms with van der Waals surface area (Å²) in [5, 5.41) is 17.7. The van der Waals surface area contributed by atoms with Crippen molar-refractivity contribution in [2.75, 3.05) is 14.2 Å².